The topological polar surface area (TPSA) is 86.3 Å². The maximum atomic E-state index is 13.4. The fraction of sp³-hybridized carbons (Fsp3) is 0.481. The Morgan fingerprint density at radius 2 is 1.94 bits per heavy atom. The molecule has 5 nitrogen and oxygen atoms in total. The number of nitrogens with one attached hydrogen (secondary N) is 1. The highest BCUT2D eigenvalue weighted by molar-refractivity contribution is 5.81. The molecule has 0 aliphatic heterocycles. The first-order valence-corrected chi connectivity index (χ1v) is 11.6. The lowest BCUT2D eigenvalue weighted by molar-refractivity contribution is 0.164. The van der Waals surface area contributed by atoms with Gasteiger partial charge in [0.05, 0.1) is 12.6 Å². The number of halogens is 1. The van der Waals surface area contributed by atoms with Crippen molar-refractivity contribution in [2.45, 2.75) is 65.8 Å². The number of nitrogens with two attached hydrogens (primary N) is 2. The van der Waals surface area contributed by atoms with Gasteiger partial charge in [0.1, 0.15) is 18.2 Å². The Hall–Kier alpha value is -2.57. The van der Waals surface area contributed by atoms with Gasteiger partial charge in [0.15, 0.2) is 5.76 Å². The molecule has 6 heteroatoms. The molecule has 1 heterocycles. The number of aromatic amines is 1. The van der Waals surface area contributed by atoms with Gasteiger partial charge in [-0.05, 0) is 81.9 Å². The summed E-state index contributed by atoms with van der Waals surface area (Å²) in [5.41, 5.74) is 16.7. The van der Waals surface area contributed by atoms with Gasteiger partial charge in [-0.2, -0.15) is 0 Å². The summed E-state index contributed by atoms with van der Waals surface area (Å²) in [6.45, 7) is 10.8. The van der Waals surface area contributed by atoms with Crippen molar-refractivity contribution in [2.24, 2.45) is 11.5 Å². The van der Waals surface area contributed by atoms with E-state index in [4.69, 9.17) is 20.9 Å². The summed E-state index contributed by atoms with van der Waals surface area (Å²) in [4.78, 5) is 3.09. The number of hydrogen-bond acceptors (Lipinski definition) is 4. The highest BCUT2D eigenvalue weighted by Gasteiger charge is 2.39. The van der Waals surface area contributed by atoms with E-state index in [0.717, 1.165) is 54.0 Å². The fourth-order valence-corrected chi connectivity index (χ4v) is 3.55. The Bertz CT molecular complexity index is 1030. The van der Waals surface area contributed by atoms with Crippen LogP contribution in [-0.2, 0) is 9.47 Å². The van der Waals surface area contributed by atoms with Gasteiger partial charge in [0.25, 0.3) is 0 Å². The molecule has 5 N–H and O–H groups in total. The normalized spacial score (nSPS) is 16.2. The first kappa shape index (κ1) is 26.7. The number of fused-ring (bicyclic) bond motifs is 1. The van der Waals surface area contributed by atoms with Crippen LogP contribution in [0.2, 0.25) is 0 Å². The van der Waals surface area contributed by atoms with Crippen LogP contribution < -0.4 is 11.5 Å². The number of aryl methyl sites for hydroxylation is 2. The molecule has 0 saturated heterocycles. The van der Waals surface area contributed by atoms with E-state index < -0.39 is 0 Å². The van der Waals surface area contributed by atoms with Gasteiger partial charge in [-0.25, -0.2) is 4.39 Å². The van der Waals surface area contributed by atoms with Crippen molar-refractivity contribution in [3.63, 3.8) is 0 Å². The number of allylic oxidation sites excluding steroid dienone is 3. The summed E-state index contributed by atoms with van der Waals surface area (Å²) < 4.78 is 24.6. The van der Waals surface area contributed by atoms with Crippen molar-refractivity contribution >= 4 is 10.9 Å². The predicted octanol–water partition coefficient (Wildman–Crippen LogP) is 5.93. The average molecular weight is 458 g/mol. The third kappa shape index (κ3) is 7.47. The first-order chi connectivity index (χ1) is 15.7. The molecular weight excluding hydrogens is 417 g/mol. The lowest BCUT2D eigenvalue weighted by Crippen LogP contribution is -2.27. The molecule has 182 valence electrons. The number of H-pyrrole nitrogens is 1. The Balaban J connectivity index is 0.000000268. The van der Waals surface area contributed by atoms with E-state index in [1.165, 1.54) is 5.57 Å². The molecule has 1 aliphatic carbocycles. The van der Waals surface area contributed by atoms with Gasteiger partial charge in [0, 0.05) is 23.1 Å². The molecule has 0 unspecified atom stereocenters. The van der Waals surface area contributed by atoms with E-state index in [1.807, 2.05) is 39.0 Å². The Kier molecular flexibility index (Phi) is 9.74. The summed E-state index contributed by atoms with van der Waals surface area (Å²) in [7, 11) is 1.65. The number of methoxy groups -OCH3 is 1. The quantitative estimate of drug-likeness (QED) is 0.322. The lowest BCUT2D eigenvalue weighted by atomic mass is 10.0. The van der Waals surface area contributed by atoms with Gasteiger partial charge in [-0.1, -0.05) is 25.5 Å². The van der Waals surface area contributed by atoms with Crippen LogP contribution in [0.25, 0.3) is 10.9 Å². The third-order valence-corrected chi connectivity index (χ3v) is 5.91. The molecule has 1 aromatic carbocycles. The van der Waals surface area contributed by atoms with Gasteiger partial charge in [0.2, 0.25) is 0 Å². The first-order valence-electron chi connectivity index (χ1n) is 11.6. The molecule has 1 fully saturated rings. The van der Waals surface area contributed by atoms with Crippen molar-refractivity contribution in [3.8, 4) is 0 Å². The average Bonchev–Trinajstić information content (AvgIpc) is 3.42. The Morgan fingerprint density at radius 3 is 2.48 bits per heavy atom. The highest BCUT2D eigenvalue weighted by atomic mass is 19.1. The number of rotatable bonds is 9. The monoisotopic (exact) mass is 457 g/mol. The molecule has 2 aromatic rings. The maximum Gasteiger partial charge on any atom is 0.156 e. The molecule has 1 aliphatic rings. The van der Waals surface area contributed by atoms with Crippen LogP contribution in [0.15, 0.2) is 53.0 Å². The Labute approximate surface area is 197 Å². The van der Waals surface area contributed by atoms with Crippen molar-refractivity contribution in [1.29, 1.82) is 0 Å². The summed E-state index contributed by atoms with van der Waals surface area (Å²) in [6.07, 6.45) is 8.27. The SMILES string of the molecule is C\C=C(CCC)/C(=C/C(OC)=C(\C)OCC1(N)CC1)CN.Cc1cc2c(F)c(C)ccc2[nH]1. The van der Waals surface area contributed by atoms with E-state index in [0.29, 0.717) is 24.1 Å². The zero-order chi connectivity index (χ0) is 24.6. The van der Waals surface area contributed by atoms with Crippen LogP contribution in [0.3, 0.4) is 0 Å². The molecule has 0 amide bonds. The molecule has 1 aromatic heterocycles. The van der Waals surface area contributed by atoms with Gasteiger partial charge < -0.3 is 25.9 Å². The highest BCUT2D eigenvalue weighted by Crippen LogP contribution is 2.33. The summed E-state index contributed by atoms with van der Waals surface area (Å²) in [5, 5.41) is 0.688. The van der Waals surface area contributed by atoms with Crippen molar-refractivity contribution in [1.82, 2.24) is 4.98 Å². The van der Waals surface area contributed by atoms with Crippen LogP contribution in [0, 0.1) is 19.7 Å². The van der Waals surface area contributed by atoms with E-state index in [1.54, 1.807) is 20.1 Å². The zero-order valence-electron chi connectivity index (χ0n) is 21.0. The molecular formula is C27H40FN3O2. The fourth-order valence-electron chi connectivity index (χ4n) is 3.55. The van der Waals surface area contributed by atoms with Crippen LogP contribution in [0.1, 0.15) is 57.7 Å². The smallest absolute Gasteiger partial charge is 0.156 e. The number of aromatic nitrogens is 1. The minimum absolute atomic E-state index is 0.114. The number of benzene rings is 1. The van der Waals surface area contributed by atoms with E-state index in [9.17, 15) is 4.39 Å². The third-order valence-electron chi connectivity index (χ3n) is 5.91. The van der Waals surface area contributed by atoms with Crippen LogP contribution >= 0.6 is 0 Å². The molecule has 0 bridgehead atoms. The largest absolute Gasteiger partial charge is 0.493 e. The maximum absolute atomic E-state index is 13.4. The predicted molar refractivity (Wildman–Crippen MR) is 135 cm³/mol. The zero-order valence-corrected chi connectivity index (χ0v) is 21.0. The van der Waals surface area contributed by atoms with E-state index >= 15 is 0 Å². The van der Waals surface area contributed by atoms with Crippen molar-refractivity contribution < 1.29 is 13.9 Å². The molecule has 0 radical (unpaired) electrons. The van der Waals surface area contributed by atoms with Crippen LogP contribution in [-0.4, -0.2) is 30.8 Å². The summed E-state index contributed by atoms with van der Waals surface area (Å²) in [5.74, 6) is 1.36. The molecule has 0 spiro atoms. The van der Waals surface area contributed by atoms with Gasteiger partial charge in [-0.3, -0.25) is 0 Å². The Morgan fingerprint density at radius 1 is 1.24 bits per heavy atom. The summed E-state index contributed by atoms with van der Waals surface area (Å²) >= 11 is 0. The minimum atomic E-state index is -0.128. The second-order valence-electron chi connectivity index (χ2n) is 8.82. The standard InChI is InChI=1S/C17H30N2O2.C10H10FN/c1-5-7-14(6-2)15(11-18)10-16(20-4)13(3)21-12-17(19)8-9-17;1-6-3-4-9-8(10(6)11)5-7(2)12-9/h6,10H,5,7-9,11-12,18-19H2,1-4H3;3-5,12H,1-2H3/b14-6-,15-10+,16-13-;. The number of ether oxygens (including phenoxy) is 2. The van der Waals surface area contributed by atoms with Crippen LogP contribution in [0.5, 0.6) is 0 Å². The minimum Gasteiger partial charge on any atom is -0.493 e. The molecule has 0 atom stereocenters. The molecule has 33 heavy (non-hydrogen) atoms. The second kappa shape index (κ2) is 12.1. The molecule has 3 rings (SSSR count). The van der Waals surface area contributed by atoms with E-state index in [2.05, 4.69) is 18.0 Å². The van der Waals surface area contributed by atoms with E-state index in [-0.39, 0.29) is 11.4 Å². The number of hydrogen-bond donors (Lipinski definition) is 3. The lowest BCUT2D eigenvalue weighted by Gasteiger charge is -2.15. The van der Waals surface area contributed by atoms with Crippen molar-refractivity contribution in [3.05, 3.63) is 70.1 Å². The van der Waals surface area contributed by atoms with Crippen molar-refractivity contribution in [2.75, 3.05) is 20.3 Å². The van der Waals surface area contributed by atoms with Gasteiger partial charge in [-0.15, -0.1) is 0 Å². The van der Waals surface area contributed by atoms with Crippen LogP contribution in [0.4, 0.5) is 4.39 Å². The molecule has 1 saturated carbocycles. The van der Waals surface area contributed by atoms with Gasteiger partial charge >= 0.3 is 0 Å². The summed E-state index contributed by atoms with van der Waals surface area (Å²) in [6, 6.07) is 5.52. The second-order valence-corrected chi connectivity index (χ2v) is 8.82.